The van der Waals surface area contributed by atoms with E-state index in [1.165, 1.54) is 6.92 Å². The molecule has 9 unspecified atom stereocenters. The molecule has 1 aromatic heterocycles. The molecule has 1 amide bonds. The number of aliphatic hydroxyl groups is 7. The number of hydrogen-bond acceptors (Lipinski definition) is 12. The number of amides is 1. The van der Waals surface area contributed by atoms with Gasteiger partial charge in [0.2, 0.25) is 0 Å². The number of aromatic amines is 1. The van der Waals surface area contributed by atoms with Crippen molar-refractivity contribution in [2.75, 3.05) is 6.61 Å². The first kappa shape index (κ1) is 48.3. The minimum atomic E-state index is -1.71. The van der Waals surface area contributed by atoms with Gasteiger partial charge < -0.3 is 47.4 Å². The molecule has 2 aliphatic rings. The van der Waals surface area contributed by atoms with Gasteiger partial charge >= 0.3 is 114 Å². The molecule has 0 saturated carbocycles. The fourth-order valence-electron chi connectivity index (χ4n) is 3.24. The van der Waals surface area contributed by atoms with E-state index in [2.05, 4.69) is 5.32 Å². The van der Waals surface area contributed by atoms with Gasteiger partial charge in [0.05, 0.1) is 6.10 Å². The maximum Gasteiger partial charge on any atom is 0.330 e. The number of H-pyrrole nitrogens is 1. The molecular weight excluding hydrogens is 956 g/mol. The van der Waals surface area contributed by atoms with Crippen molar-refractivity contribution in [1.29, 1.82) is 0 Å². The van der Waals surface area contributed by atoms with E-state index < -0.39 is 76.0 Å². The van der Waals surface area contributed by atoms with Crippen molar-refractivity contribution in [2.45, 2.75) is 59.2 Å². The number of nitrogens with one attached hydrogen (secondary N) is 2. The topological polar surface area (TPSA) is 402 Å². The van der Waals surface area contributed by atoms with Gasteiger partial charge in [0.1, 0.15) is 6.10 Å². The summed E-state index contributed by atoms with van der Waals surface area (Å²) in [4.78, 5) is 35.2. The summed E-state index contributed by atoms with van der Waals surface area (Å²) in [6.07, 6.45) is -7.62. The Morgan fingerprint density at radius 2 is 1.64 bits per heavy atom. The zero-order chi connectivity index (χ0) is 25.1. The SMILES string of the molecule is CC(=O)NC1C(O)C(O)C(CO)O[C]1(O)[Pb].O.O.O.O.O.O=c1ccn(C2OC([CH-]O)C(O)C2O)c(=O)[nH]1.[Pa]. The second kappa shape index (κ2) is 20.5. The number of aliphatic hydroxyl groups excluding tert-OH is 6. The minimum absolute atomic E-state index is 0. The van der Waals surface area contributed by atoms with E-state index >= 15 is 0 Å². The van der Waals surface area contributed by atoms with Crippen molar-refractivity contribution >= 4 is 31.7 Å². The smallest absolute Gasteiger partial charge is 0.330 e. The van der Waals surface area contributed by atoms with Crippen LogP contribution in [0.5, 0.6) is 0 Å². The molecule has 1 aromatic rings. The van der Waals surface area contributed by atoms with Crippen molar-refractivity contribution in [2.24, 2.45) is 0 Å². The van der Waals surface area contributed by atoms with E-state index in [9.17, 15) is 39.9 Å². The van der Waals surface area contributed by atoms with Crippen molar-refractivity contribution in [3.63, 3.8) is 0 Å². The quantitative estimate of drug-likeness (QED) is 0.100. The monoisotopic (exact) mass is 992 g/mol. The van der Waals surface area contributed by atoms with Crippen LogP contribution in [0.1, 0.15) is 13.2 Å². The summed E-state index contributed by atoms with van der Waals surface area (Å²) >= 11 is 0.107. The van der Waals surface area contributed by atoms with E-state index in [1.807, 2.05) is 4.98 Å². The van der Waals surface area contributed by atoms with E-state index in [4.69, 9.17) is 19.7 Å². The first-order valence-corrected chi connectivity index (χ1v) is 11.5. The van der Waals surface area contributed by atoms with Crippen LogP contribution in [-0.4, -0.2) is 157 Å². The largest absolute Gasteiger partial charge is 0.563 e. The summed E-state index contributed by atoms with van der Waals surface area (Å²) in [5.41, 5.74) is -1.35. The zero-order valence-corrected chi connectivity index (χ0v) is 28.9. The van der Waals surface area contributed by atoms with Crippen molar-refractivity contribution < 1.29 is 110 Å². The second-order valence-corrected chi connectivity index (χ2v) is 10.1. The van der Waals surface area contributed by atoms with Gasteiger partial charge in [-0.3, -0.25) is 14.3 Å². The van der Waals surface area contributed by atoms with Crippen LogP contribution in [0, 0.1) is 38.9 Å². The number of ether oxygens (including phenoxy) is 2. The molecule has 0 aliphatic carbocycles. The predicted molar refractivity (Wildman–Crippen MR) is 124 cm³/mol. The van der Waals surface area contributed by atoms with Crippen LogP contribution < -0.4 is 16.6 Å². The van der Waals surface area contributed by atoms with Gasteiger partial charge in [-0.15, -0.1) is 0 Å². The third-order valence-corrected chi connectivity index (χ3v) is 6.58. The van der Waals surface area contributed by atoms with E-state index in [0.717, 1.165) is 16.8 Å². The van der Waals surface area contributed by atoms with Gasteiger partial charge in [-0.1, -0.05) is 0 Å². The maximum atomic E-state index is 11.4. The van der Waals surface area contributed by atoms with Gasteiger partial charge in [-0.25, -0.2) is 4.79 Å². The summed E-state index contributed by atoms with van der Waals surface area (Å²) in [5, 5.41) is 68.3. The molecular formula is C17H35N3O17PaPb-. The number of carbonyl (C=O) groups is 1. The molecule has 2 saturated heterocycles. The van der Waals surface area contributed by atoms with Crippen LogP contribution in [0.3, 0.4) is 0 Å². The number of carbonyl (C=O) groups excluding carboxylic acids is 1. The van der Waals surface area contributed by atoms with Crippen molar-refractivity contribution in [3.05, 3.63) is 39.7 Å². The average Bonchev–Trinajstić information content (AvgIpc) is 3.02. The Morgan fingerprint density at radius 1 is 1.10 bits per heavy atom. The Kier molecular flexibility index (Phi) is 25.4. The maximum absolute atomic E-state index is 11.4. The molecule has 20 nitrogen and oxygen atoms in total. The van der Waals surface area contributed by atoms with E-state index in [1.54, 1.807) is 0 Å². The molecule has 22 heteroatoms. The Hall–Kier alpha value is -0.397. The minimum Gasteiger partial charge on any atom is -0.563 e. The van der Waals surface area contributed by atoms with Crippen LogP contribution in [0.2, 0.25) is 0 Å². The fraction of sp³-hybridized carbons (Fsp3) is 0.647. The van der Waals surface area contributed by atoms with Gasteiger partial charge in [-0.2, -0.15) is 6.61 Å². The molecule has 0 bridgehead atoms. The number of aromatic nitrogens is 2. The Balaban J connectivity index is -0.000000172. The first-order chi connectivity index (χ1) is 15.3. The molecule has 9 atom stereocenters. The zero-order valence-electron chi connectivity index (χ0n) is 20.3. The fourth-order valence-corrected chi connectivity index (χ4v) is 4.77. The summed E-state index contributed by atoms with van der Waals surface area (Å²) in [7, 11) is 0. The Labute approximate surface area is 260 Å². The van der Waals surface area contributed by atoms with Crippen LogP contribution in [-0.2, 0) is 14.3 Å². The van der Waals surface area contributed by atoms with Crippen LogP contribution in [0.25, 0.3) is 0 Å². The molecule has 228 valence electrons. The van der Waals surface area contributed by atoms with Gasteiger partial charge in [0, 0.05) is 44.6 Å². The predicted octanol–water partition coefficient (Wildman–Crippen LogP) is -10.0. The third-order valence-electron chi connectivity index (χ3n) is 4.91. The third kappa shape index (κ3) is 11.8. The molecule has 0 spiro atoms. The first-order valence-electron chi connectivity index (χ1n) is 9.54. The number of rotatable bonds is 4. The van der Waals surface area contributed by atoms with Crippen LogP contribution >= 0.6 is 0 Å². The number of hydrogen-bond donors (Lipinski definition) is 9. The average molecular weight is 992 g/mol. The number of nitrogens with zero attached hydrogens (tertiary/aromatic N) is 1. The molecule has 4 radical (unpaired) electrons. The molecule has 2 aliphatic heterocycles. The molecule has 0 aromatic carbocycles. The molecule has 39 heavy (non-hydrogen) atoms. The molecule has 19 N–H and O–H groups in total. The van der Waals surface area contributed by atoms with Gasteiger partial charge in [0.15, 0.2) is 6.23 Å². The molecule has 3 heterocycles. The van der Waals surface area contributed by atoms with Crippen molar-refractivity contribution in [3.8, 4) is 0 Å². The molecule has 3 rings (SSSR count). The van der Waals surface area contributed by atoms with Gasteiger partial charge in [0.25, 0.3) is 5.56 Å². The second-order valence-electron chi connectivity index (χ2n) is 7.33. The van der Waals surface area contributed by atoms with Crippen LogP contribution in [0.15, 0.2) is 21.9 Å². The van der Waals surface area contributed by atoms with Crippen LogP contribution in [0.4, 0.5) is 0 Å². The summed E-state index contributed by atoms with van der Waals surface area (Å²) in [6.45, 7) is 1.30. The Morgan fingerprint density at radius 3 is 2.05 bits per heavy atom. The normalized spacial score (nSPS) is 32.4. The summed E-state index contributed by atoms with van der Waals surface area (Å²) < 4.78 is 9.36. The molecule has 2 fully saturated rings. The van der Waals surface area contributed by atoms with Gasteiger partial charge in [-0.05, 0) is 6.10 Å². The van der Waals surface area contributed by atoms with Crippen molar-refractivity contribution in [1.82, 2.24) is 14.9 Å². The standard InChI is InChI=1S/C9H11N2O6.C8H14NO6.5H2O.Pa.Pb/c12-3-4-6(14)7(15)8(17-4)11-2-1-5(13)10-9(11)16;1-3(11)9-5-7(13)6(12)4(2-10)15-8(5)14;;;;;;;/h1-4,6-8,12,14-15H,(H,10,13,16);4-7,10,12-14H,2H2,1H3,(H,9,11);5*1H2;;/q-1;;;;;;;;. The summed E-state index contributed by atoms with van der Waals surface area (Å²) in [5.74, 6) is -0.448. The Bertz CT molecular complexity index is 936. The van der Waals surface area contributed by atoms with E-state index in [0.29, 0.717) is 6.61 Å². The summed E-state index contributed by atoms with van der Waals surface area (Å²) in [6, 6.07) is -0.00527. The van der Waals surface area contributed by atoms with E-state index in [-0.39, 0.29) is 85.5 Å².